The molecule has 1 atom stereocenters. The topological polar surface area (TPSA) is 63.6 Å². The second-order valence-corrected chi connectivity index (χ2v) is 3.69. The molecule has 0 aliphatic rings. The third kappa shape index (κ3) is 2.90. The van der Waals surface area contributed by atoms with E-state index in [0.717, 1.165) is 19.4 Å². The molecule has 0 amide bonds. The van der Waals surface area contributed by atoms with Crippen LogP contribution in [0.3, 0.4) is 0 Å². The molecular formula is C12H14O4. The first-order valence-electron chi connectivity index (χ1n) is 4.89. The number of esters is 1. The molecule has 1 rings (SSSR count). The lowest BCUT2D eigenvalue weighted by Gasteiger charge is -2.17. The Labute approximate surface area is 93.9 Å². The van der Waals surface area contributed by atoms with Gasteiger partial charge in [-0.15, -0.1) is 0 Å². The smallest absolute Gasteiger partial charge is 0.346 e. The van der Waals surface area contributed by atoms with Gasteiger partial charge in [-0.1, -0.05) is 30.3 Å². The molecule has 16 heavy (non-hydrogen) atoms. The van der Waals surface area contributed by atoms with Crippen molar-refractivity contribution in [3.05, 3.63) is 35.9 Å². The van der Waals surface area contributed by atoms with Crippen LogP contribution in [0.5, 0.6) is 0 Å². The highest BCUT2D eigenvalue weighted by molar-refractivity contribution is 6.05. The minimum absolute atomic E-state index is 0.0447. The van der Waals surface area contributed by atoms with E-state index < -0.39 is 17.4 Å². The zero-order chi connectivity index (χ0) is 12.2. The summed E-state index contributed by atoms with van der Waals surface area (Å²) in [6, 6.07) is 9.04. The summed E-state index contributed by atoms with van der Waals surface area (Å²) in [5.74, 6) is -1.56. The van der Waals surface area contributed by atoms with Gasteiger partial charge in [0.1, 0.15) is 6.61 Å². The molecule has 1 unspecified atom stereocenters. The van der Waals surface area contributed by atoms with Crippen molar-refractivity contribution >= 4 is 11.8 Å². The first-order valence-corrected chi connectivity index (χ1v) is 4.89. The maximum absolute atomic E-state index is 11.4. The average Bonchev–Trinajstić information content (AvgIpc) is 2.27. The van der Waals surface area contributed by atoms with Crippen molar-refractivity contribution in [1.29, 1.82) is 0 Å². The van der Waals surface area contributed by atoms with E-state index in [2.05, 4.69) is 0 Å². The van der Waals surface area contributed by atoms with E-state index in [9.17, 15) is 14.7 Å². The van der Waals surface area contributed by atoms with E-state index in [4.69, 9.17) is 4.74 Å². The molecule has 4 heteroatoms. The second kappa shape index (κ2) is 4.90. The number of ether oxygens (including phenoxy) is 1. The van der Waals surface area contributed by atoms with Crippen LogP contribution in [-0.4, -0.2) is 22.5 Å². The van der Waals surface area contributed by atoms with Gasteiger partial charge in [0.25, 0.3) is 0 Å². The number of Topliss-reactive ketones (excluding diaryl/α,β-unsaturated/α-hetero) is 1. The van der Waals surface area contributed by atoms with Gasteiger partial charge in [-0.2, -0.15) is 0 Å². The summed E-state index contributed by atoms with van der Waals surface area (Å²) in [5.41, 5.74) is -1.26. The highest BCUT2D eigenvalue weighted by Crippen LogP contribution is 2.10. The Morgan fingerprint density at radius 1 is 1.31 bits per heavy atom. The molecule has 86 valence electrons. The zero-order valence-electron chi connectivity index (χ0n) is 9.27. The zero-order valence-corrected chi connectivity index (χ0v) is 9.27. The van der Waals surface area contributed by atoms with Gasteiger partial charge in [-0.25, -0.2) is 4.79 Å². The van der Waals surface area contributed by atoms with Crippen LogP contribution in [0.15, 0.2) is 30.3 Å². The summed E-state index contributed by atoms with van der Waals surface area (Å²) < 4.78 is 4.84. The standard InChI is InChI=1S/C12H14O4/c1-9(13)12(2,15)11(14)16-8-10-6-4-3-5-7-10/h3-7,15H,8H2,1-2H3. The van der Waals surface area contributed by atoms with E-state index in [-0.39, 0.29) is 6.61 Å². The molecule has 0 fully saturated rings. The fraction of sp³-hybridized carbons (Fsp3) is 0.333. The number of hydrogen-bond acceptors (Lipinski definition) is 4. The Morgan fingerprint density at radius 3 is 2.38 bits per heavy atom. The minimum Gasteiger partial charge on any atom is -0.458 e. The Balaban J connectivity index is 2.57. The van der Waals surface area contributed by atoms with Crippen molar-refractivity contribution < 1.29 is 19.4 Å². The SMILES string of the molecule is CC(=O)C(C)(O)C(=O)OCc1ccccc1. The third-order valence-corrected chi connectivity index (χ3v) is 2.30. The van der Waals surface area contributed by atoms with Crippen LogP contribution in [0.2, 0.25) is 0 Å². The summed E-state index contributed by atoms with van der Waals surface area (Å²) in [7, 11) is 0. The van der Waals surface area contributed by atoms with Crippen molar-refractivity contribution in [3.63, 3.8) is 0 Å². The fourth-order valence-corrected chi connectivity index (χ4v) is 1.01. The quantitative estimate of drug-likeness (QED) is 0.611. The predicted molar refractivity (Wildman–Crippen MR) is 57.5 cm³/mol. The number of rotatable bonds is 4. The van der Waals surface area contributed by atoms with Crippen molar-refractivity contribution in [1.82, 2.24) is 0 Å². The van der Waals surface area contributed by atoms with Crippen LogP contribution in [0.25, 0.3) is 0 Å². The monoisotopic (exact) mass is 222 g/mol. The van der Waals surface area contributed by atoms with Crippen LogP contribution in [-0.2, 0) is 20.9 Å². The average molecular weight is 222 g/mol. The molecule has 0 aliphatic carbocycles. The number of hydrogen-bond donors (Lipinski definition) is 1. The fourth-order valence-electron chi connectivity index (χ4n) is 1.01. The van der Waals surface area contributed by atoms with E-state index >= 15 is 0 Å². The van der Waals surface area contributed by atoms with Crippen LogP contribution in [0.4, 0.5) is 0 Å². The van der Waals surface area contributed by atoms with Gasteiger partial charge >= 0.3 is 5.97 Å². The van der Waals surface area contributed by atoms with Gasteiger partial charge in [0.05, 0.1) is 0 Å². The molecule has 0 aromatic heterocycles. The second-order valence-electron chi connectivity index (χ2n) is 3.69. The van der Waals surface area contributed by atoms with Crippen LogP contribution >= 0.6 is 0 Å². The molecule has 0 aliphatic heterocycles. The first-order chi connectivity index (χ1) is 7.44. The Bertz CT molecular complexity index is 381. The molecule has 0 spiro atoms. The van der Waals surface area contributed by atoms with Crippen molar-refractivity contribution in [3.8, 4) is 0 Å². The van der Waals surface area contributed by atoms with E-state index in [1.54, 1.807) is 12.1 Å². The molecule has 0 bridgehead atoms. The van der Waals surface area contributed by atoms with Gasteiger partial charge in [-0.05, 0) is 19.4 Å². The number of carbonyl (C=O) groups is 2. The number of benzene rings is 1. The molecule has 1 aromatic carbocycles. The van der Waals surface area contributed by atoms with Gasteiger partial charge in [-0.3, -0.25) is 4.79 Å². The molecule has 0 saturated heterocycles. The van der Waals surface area contributed by atoms with Gasteiger partial charge in [0, 0.05) is 0 Å². The molecular weight excluding hydrogens is 208 g/mol. The number of carbonyl (C=O) groups excluding carboxylic acids is 2. The lowest BCUT2D eigenvalue weighted by atomic mass is 10.0. The maximum atomic E-state index is 11.4. The molecule has 0 heterocycles. The van der Waals surface area contributed by atoms with Crippen LogP contribution in [0.1, 0.15) is 19.4 Å². The normalized spacial score (nSPS) is 13.9. The lowest BCUT2D eigenvalue weighted by Crippen LogP contribution is -2.43. The summed E-state index contributed by atoms with van der Waals surface area (Å²) in [6.45, 7) is 2.32. The Kier molecular flexibility index (Phi) is 3.79. The Morgan fingerprint density at radius 2 is 1.88 bits per heavy atom. The van der Waals surface area contributed by atoms with E-state index in [0.29, 0.717) is 0 Å². The van der Waals surface area contributed by atoms with E-state index in [1.165, 1.54) is 0 Å². The van der Waals surface area contributed by atoms with Crippen LogP contribution < -0.4 is 0 Å². The summed E-state index contributed by atoms with van der Waals surface area (Å²) in [5, 5.41) is 9.51. The molecule has 0 radical (unpaired) electrons. The van der Waals surface area contributed by atoms with Crippen molar-refractivity contribution in [2.24, 2.45) is 0 Å². The predicted octanol–water partition coefficient (Wildman–Crippen LogP) is 1.07. The van der Waals surface area contributed by atoms with Crippen LogP contribution in [0, 0.1) is 0 Å². The largest absolute Gasteiger partial charge is 0.458 e. The number of aliphatic hydroxyl groups is 1. The third-order valence-electron chi connectivity index (χ3n) is 2.30. The Hall–Kier alpha value is -1.68. The summed E-state index contributed by atoms with van der Waals surface area (Å²) in [4.78, 5) is 22.4. The van der Waals surface area contributed by atoms with Gasteiger partial charge in [0.2, 0.25) is 5.60 Å². The highest BCUT2D eigenvalue weighted by Gasteiger charge is 2.37. The summed E-state index contributed by atoms with van der Waals surface area (Å²) in [6.07, 6.45) is 0. The maximum Gasteiger partial charge on any atom is 0.346 e. The minimum atomic E-state index is -2.06. The molecule has 0 saturated carbocycles. The molecule has 1 aromatic rings. The first kappa shape index (κ1) is 12.4. The van der Waals surface area contributed by atoms with Gasteiger partial charge < -0.3 is 9.84 Å². The van der Waals surface area contributed by atoms with E-state index in [1.807, 2.05) is 18.2 Å². The molecule has 1 N–H and O–H groups in total. The van der Waals surface area contributed by atoms with Crippen molar-refractivity contribution in [2.45, 2.75) is 26.1 Å². The molecule has 4 nitrogen and oxygen atoms in total. The summed E-state index contributed by atoms with van der Waals surface area (Å²) >= 11 is 0. The number of ketones is 1. The lowest BCUT2D eigenvalue weighted by molar-refractivity contribution is -0.169. The van der Waals surface area contributed by atoms with Crippen molar-refractivity contribution in [2.75, 3.05) is 0 Å². The highest BCUT2D eigenvalue weighted by atomic mass is 16.5. The van der Waals surface area contributed by atoms with Gasteiger partial charge in [0.15, 0.2) is 5.78 Å².